The van der Waals surface area contributed by atoms with Crippen molar-refractivity contribution in [1.82, 2.24) is 35.8 Å². The number of hydrogen-bond donors (Lipinski definition) is 5. The first kappa shape index (κ1) is 33.6. The number of benzene rings is 4. The van der Waals surface area contributed by atoms with Gasteiger partial charge in [0.25, 0.3) is 11.8 Å². The van der Waals surface area contributed by atoms with Crippen LogP contribution in [0.2, 0.25) is 0 Å². The standard InChI is InChI=1S/C36H35N7O2.2ClH/c1-5-42(37-3)35(44)33-19-25-15-21(7-11-29(25)39-33)23-9-13-31-27(17-23)28-18-24(10-14-32(28)41-31)22-8-12-30-26(16-22)20-34(40-30)36(45)43(6-2)38-4;;/h7-20,37-41H,5-6H2,1-4H3;2*1H. The number of hydrazine groups is 2. The number of hydrogen-bond acceptors (Lipinski definition) is 4. The Morgan fingerprint density at radius 1 is 0.532 bits per heavy atom. The van der Waals surface area contributed by atoms with Crippen molar-refractivity contribution in [3.8, 4) is 22.3 Å². The average molecular weight is 671 g/mol. The van der Waals surface area contributed by atoms with E-state index in [-0.39, 0.29) is 36.6 Å². The van der Waals surface area contributed by atoms with Crippen molar-refractivity contribution in [2.45, 2.75) is 13.8 Å². The van der Waals surface area contributed by atoms with Crippen molar-refractivity contribution < 1.29 is 9.59 Å². The molecule has 0 saturated carbocycles. The van der Waals surface area contributed by atoms with Gasteiger partial charge in [0, 0.05) is 70.8 Å². The summed E-state index contributed by atoms with van der Waals surface area (Å²) in [5.74, 6) is -0.175. The van der Waals surface area contributed by atoms with Crippen molar-refractivity contribution in [1.29, 1.82) is 0 Å². The molecule has 0 unspecified atom stereocenters. The summed E-state index contributed by atoms with van der Waals surface area (Å²) in [6.07, 6.45) is 0. The monoisotopic (exact) mass is 669 g/mol. The number of H-pyrrole nitrogens is 3. The van der Waals surface area contributed by atoms with Gasteiger partial charge in [-0.15, -0.1) is 24.8 Å². The first-order valence-corrected chi connectivity index (χ1v) is 15.2. The molecule has 0 aliphatic heterocycles. The lowest BCUT2D eigenvalue weighted by atomic mass is 9.99. The predicted molar refractivity (Wildman–Crippen MR) is 196 cm³/mol. The van der Waals surface area contributed by atoms with Gasteiger partial charge in [0.2, 0.25) is 0 Å². The second-order valence-electron chi connectivity index (χ2n) is 11.2. The highest BCUT2D eigenvalue weighted by Gasteiger charge is 2.17. The first-order valence-electron chi connectivity index (χ1n) is 15.2. The van der Waals surface area contributed by atoms with Crippen LogP contribution in [0.1, 0.15) is 34.8 Å². The highest BCUT2D eigenvalue weighted by Crippen LogP contribution is 2.34. The van der Waals surface area contributed by atoms with Crippen LogP contribution in [-0.2, 0) is 0 Å². The summed E-state index contributed by atoms with van der Waals surface area (Å²) < 4.78 is 0. The third kappa shape index (κ3) is 5.94. The molecule has 0 fully saturated rings. The predicted octanol–water partition coefficient (Wildman–Crippen LogP) is 7.65. The number of rotatable bonds is 8. The smallest absolute Gasteiger partial charge is 0.284 e. The molecule has 7 aromatic rings. The highest BCUT2D eigenvalue weighted by atomic mass is 35.5. The second-order valence-corrected chi connectivity index (χ2v) is 11.2. The van der Waals surface area contributed by atoms with Crippen LogP contribution in [0, 0.1) is 0 Å². The van der Waals surface area contributed by atoms with Gasteiger partial charge in [-0.25, -0.2) is 10.9 Å². The van der Waals surface area contributed by atoms with Crippen LogP contribution in [0.25, 0.3) is 65.9 Å². The molecule has 0 saturated heterocycles. The molecule has 0 radical (unpaired) electrons. The minimum absolute atomic E-state index is 0. The van der Waals surface area contributed by atoms with Crippen LogP contribution in [0.4, 0.5) is 0 Å². The van der Waals surface area contributed by atoms with Gasteiger partial charge in [-0.1, -0.05) is 24.3 Å². The largest absolute Gasteiger partial charge is 0.355 e. The quantitative estimate of drug-likeness (QED) is 0.107. The normalized spacial score (nSPS) is 11.1. The Morgan fingerprint density at radius 3 is 1.26 bits per heavy atom. The number of amides is 2. The number of aromatic nitrogens is 3. The first-order chi connectivity index (χ1) is 21.9. The van der Waals surface area contributed by atoms with Gasteiger partial charge in [-0.05, 0) is 96.8 Å². The van der Waals surface area contributed by atoms with Crippen molar-refractivity contribution >= 4 is 80.2 Å². The Morgan fingerprint density at radius 2 is 0.894 bits per heavy atom. The third-order valence-corrected chi connectivity index (χ3v) is 8.63. The molecule has 0 spiro atoms. The molecule has 3 heterocycles. The lowest BCUT2D eigenvalue weighted by molar-refractivity contribution is 0.0681. The van der Waals surface area contributed by atoms with Gasteiger partial charge in [0.05, 0.1) is 0 Å². The SMILES string of the molecule is CCN(NC)C(=O)c1cc2cc(-c3ccc4[nH]c5ccc(-c6ccc7[nH]c(C(=O)N(CC)NC)cc7c6)cc5c4c3)ccc2[nH]1.Cl.Cl. The molecule has 0 atom stereocenters. The van der Waals surface area contributed by atoms with E-state index in [1.165, 1.54) is 0 Å². The molecular formula is C36H37Cl2N7O2. The number of fused-ring (bicyclic) bond motifs is 5. The number of carbonyl (C=O) groups is 2. The van der Waals surface area contributed by atoms with E-state index in [0.717, 1.165) is 65.9 Å². The summed E-state index contributed by atoms with van der Waals surface area (Å²) in [5.41, 5.74) is 15.3. The molecule has 47 heavy (non-hydrogen) atoms. The van der Waals surface area contributed by atoms with Gasteiger partial charge in [-0.2, -0.15) is 0 Å². The molecule has 2 amide bonds. The van der Waals surface area contributed by atoms with Crippen molar-refractivity contribution in [3.63, 3.8) is 0 Å². The number of carbonyl (C=O) groups excluding carboxylic acids is 2. The number of halogens is 2. The third-order valence-electron chi connectivity index (χ3n) is 8.63. The van der Waals surface area contributed by atoms with E-state index in [9.17, 15) is 9.59 Å². The lowest BCUT2D eigenvalue weighted by Crippen LogP contribution is -2.40. The summed E-state index contributed by atoms with van der Waals surface area (Å²) in [7, 11) is 3.50. The molecule has 5 N–H and O–H groups in total. The van der Waals surface area contributed by atoms with E-state index in [1.54, 1.807) is 24.1 Å². The summed E-state index contributed by atoms with van der Waals surface area (Å²) in [6, 6.07) is 29.3. The van der Waals surface area contributed by atoms with E-state index in [4.69, 9.17) is 0 Å². The molecule has 4 aromatic carbocycles. The van der Waals surface area contributed by atoms with Crippen molar-refractivity contribution in [2.75, 3.05) is 27.2 Å². The van der Waals surface area contributed by atoms with Gasteiger partial charge in [0.15, 0.2) is 0 Å². The van der Waals surface area contributed by atoms with E-state index in [2.05, 4.69) is 86.5 Å². The molecule has 11 heteroatoms. The molecule has 0 aliphatic carbocycles. The topological polar surface area (TPSA) is 112 Å². The minimum atomic E-state index is -0.0877. The Bertz CT molecular complexity index is 2090. The van der Waals surface area contributed by atoms with Crippen LogP contribution in [0.3, 0.4) is 0 Å². The Kier molecular flexibility index (Phi) is 9.65. The Labute approximate surface area is 284 Å². The van der Waals surface area contributed by atoms with E-state index < -0.39 is 0 Å². The van der Waals surface area contributed by atoms with Gasteiger partial charge >= 0.3 is 0 Å². The zero-order valence-corrected chi connectivity index (χ0v) is 28.2. The fourth-order valence-corrected chi connectivity index (χ4v) is 6.21. The maximum Gasteiger partial charge on any atom is 0.284 e. The summed E-state index contributed by atoms with van der Waals surface area (Å²) in [4.78, 5) is 35.8. The zero-order chi connectivity index (χ0) is 31.2. The second kappa shape index (κ2) is 13.5. The van der Waals surface area contributed by atoms with Crippen LogP contribution in [-0.4, -0.2) is 64.0 Å². The molecule has 0 bridgehead atoms. The zero-order valence-electron chi connectivity index (χ0n) is 26.5. The molecule has 0 aliphatic rings. The number of aromatic amines is 3. The molecule has 3 aromatic heterocycles. The van der Waals surface area contributed by atoms with Crippen LogP contribution in [0.15, 0.2) is 84.9 Å². The number of nitrogens with zero attached hydrogens (tertiary/aromatic N) is 2. The van der Waals surface area contributed by atoms with E-state index in [0.29, 0.717) is 24.5 Å². The molecule has 9 nitrogen and oxygen atoms in total. The van der Waals surface area contributed by atoms with Crippen molar-refractivity contribution in [3.05, 3.63) is 96.3 Å². The number of nitrogens with one attached hydrogen (secondary N) is 5. The summed E-state index contributed by atoms with van der Waals surface area (Å²) >= 11 is 0. The van der Waals surface area contributed by atoms with Crippen LogP contribution < -0.4 is 10.9 Å². The Hall–Kier alpha value is -4.80. The molecule has 242 valence electrons. The maximum absolute atomic E-state index is 12.9. The van der Waals surface area contributed by atoms with Crippen molar-refractivity contribution in [2.24, 2.45) is 0 Å². The van der Waals surface area contributed by atoms with E-state index in [1.807, 2.05) is 38.1 Å². The van der Waals surface area contributed by atoms with Crippen LogP contribution in [0.5, 0.6) is 0 Å². The lowest BCUT2D eigenvalue weighted by Gasteiger charge is -2.17. The van der Waals surface area contributed by atoms with E-state index >= 15 is 0 Å². The summed E-state index contributed by atoms with van der Waals surface area (Å²) in [5, 5.41) is 7.41. The maximum atomic E-state index is 12.9. The highest BCUT2D eigenvalue weighted by molar-refractivity contribution is 6.10. The van der Waals surface area contributed by atoms with Gasteiger partial charge in [-0.3, -0.25) is 19.6 Å². The fourth-order valence-electron chi connectivity index (χ4n) is 6.21. The van der Waals surface area contributed by atoms with Gasteiger partial charge < -0.3 is 15.0 Å². The van der Waals surface area contributed by atoms with Gasteiger partial charge in [0.1, 0.15) is 11.4 Å². The summed E-state index contributed by atoms with van der Waals surface area (Å²) in [6.45, 7) is 5.01. The molecular weight excluding hydrogens is 633 g/mol. The molecule has 7 rings (SSSR count). The Balaban J connectivity index is 0.00000217. The average Bonchev–Trinajstić information content (AvgIpc) is 3.79. The fraction of sp³-hybridized carbons (Fsp3) is 0.167. The minimum Gasteiger partial charge on any atom is -0.355 e. The van der Waals surface area contributed by atoms with Crippen LogP contribution >= 0.6 is 24.8 Å².